The Bertz CT molecular complexity index is 1360. The Morgan fingerprint density at radius 3 is 2.65 bits per heavy atom. The molecule has 0 spiro atoms. The summed E-state index contributed by atoms with van der Waals surface area (Å²) >= 11 is 2.83. The molecule has 0 bridgehead atoms. The van der Waals surface area contributed by atoms with E-state index in [9.17, 15) is 9.59 Å². The monoisotopic (exact) mass is 496 g/mol. The number of fused-ring (bicyclic) bond motifs is 1. The van der Waals surface area contributed by atoms with E-state index in [-0.39, 0.29) is 11.5 Å². The molecule has 0 amide bonds. The average Bonchev–Trinajstić information content (AvgIpc) is 3.45. The maximum Gasteiger partial charge on any atom is 0.338 e. The molecule has 4 rings (SSSR count). The summed E-state index contributed by atoms with van der Waals surface area (Å²) in [5.74, 6) is 0.591. The molecular weight excluding hydrogens is 468 g/mol. The van der Waals surface area contributed by atoms with Crippen LogP contribution in [0.3, 0.4) is 0 Å². The molecule has 0 fully saturated rings. The molecular formula is C26H28N2O4S2. The quantitative estimate of drug-likeness (QED) is 0.437. The van der Waals surface area contributed by atoms with Crippen molar-refractivity contribution >= 4 is 34.7 Å². The zero-order chi connectivity index (χ0) is 24.2. The van der Waals surface area contributed by atoms with Crippen LogP contribution in [0.15, 0.2) is 62.8 Å². The van der Waals surface area contributed by atoms with E-state index in [1.807, 2.05) is 61.7 Å². The number of allylic oxidation sites excluding steroid dienone is 1. The molecule has 2 aromatic heterocycles. The van der Waals surface area contributed by atoms with Crippen LogP contribution < -0.4 is 19.6 Å². The van der Waals surface area contributed by atoms with Crippen LogP contribution in [-0.2, 0) is 9.53 Å². The summed E-state index contributed by atoms with van der Waals surface area (Å²) in [5, 5.41) is 1.94. The van der Waals surface area contributed by atoms with Crippen LogP contribution in [0.2, 0.25) is 0 Å². The molecule has 34 heavy (non-hydrogen) atoms. The molecule has 8 heteroatoms. The van der Waals surface area contributed by atoms with Crippen molar-refractivity contribution in [1.82, 2.24) is 4.57 Å². The summed E-state index contributed by atoms with van der Waals surface area (Å²) in [6.45, 7) is 8.83. The molecule has 1 aliphatic rings. The average molecular weight is 497 g/mol. The first-order valence-electron chi connectivity index (χ1n) is 11.3. The van der Waals surface area contributed by atoms with Gasteiger partial charge in [0, 0.05) is 4.88 Å². The maximum absolute atomic E-state index is 13.6. The number of rotatable bonds is 8. The lowest BCUT2D eigenvalue weighted by atomic mass is 10.0. The van der Waals surface area contributed by atoms with Gasteiger partial charge >= 0.3 is 5.97 Å². The number of nitrogens with zero attached hydrogens (tertiary/aromatic N) is 2. The molecule has 178 valence electrons. The van der Waals surface area contributed by atoms with Gasteiger partial charge in [0.15, 0.2) is 4.80 Å². The van der Waals surface area contributed by atoms with Crippen molar-refractivity contribution in [2.75, 3.05) is 13.2 Å². The van der Waals surface area contributed by atoms with Gasteiger partial charge in [-0.1, -0.05) is 50.3 Å². The zero-order valence-electron chi connectivity index (χ0n) is 19.7. The fourth-order valence-corrected chi connectivity index (χ4v) is 5.52. The summed E-state index contributed by atoms with van der Waals surface area (Å²) in [6.07, 6.45) is 2.80. The number of benzene rings is 1. The number of hydrogen-bond donors (Lipinski definition) is 0. The first kappa shape index (κ1) is 24.2. The van der Waals surface area contributed by atoms with Crippen LogP contribution in [0.25, 0.3) is 6.08 Å². The highest BCUT2D eigenvalue weighted by molar-refractivity contribution is 7.10. The van der Waals surface area contributed by atoms with Crippen molar-refractivity contribution in [3.8, 4) is 5.75 Å². The molecule has 0 N–H and O–H groups in total. The second-order valence-electron chi connectivity index (χ2n) is 8.51. The van der Waals surface area contributed by atoms with Gasteiger partial charge in [0.25, 0.3) is 5.56 Å². The minimum Gasteiger partial charge on any atom is -0.494 e. The molecule has 1 aliphatic heterocycles. The summed E-state index contributed by atoms with van der Waals surface area (Å²) in [4.78, 5) is 32.7. The fourth-order valence-electron chi connectivity index (χ4n) is 3.65. The van der Waals surface area contributed by atoms with Gasteiger partial charge in [-0.05, 0) is 54.5 Å². The zero-order valence-corrected chi connectivity index (χ0v) is 21.4. The van der Waals surface area contributed by atoms with E-state index >= 15 is 0 Å². The van der Waals surface area contributed by atoms with E-state index in [4.69, 9.17) is 9.47 Å². The Labute approximate surface area is 206 Å². The summed E-state index contributed by atoms with van der Waals surface area (Å²) in [5.41, 5.74) is 1.72. The lowest BCUT2D eigenvalue weighted by Gasteiger charge is -2.23. The van der Waals surface area contributed by atoms with Crippen molar-refractivity contribution in [2.45, 2.75) is 40.2 Å². The molecule has 1 aromatic carbocycles. The topological polar surface area (TPSA) is 69.9 Å². The van der Waals surface area contributed by atoms with Gasteiger partial charge < -0.3 is 9.47 Å². The Morgan fingerprint density at radius 1 is 1.24 bits per heavy atom. The highest BCUT2D eigenvalue weighted by Crippen LogP contribution is 2.33. The van der Waals surface area contributed by atoms with Crippen LogP contribution in [0.1, 0.15) is 50.6 Å². The van der Waals surface area contributed by atoms with E-state index in [2.05, 4.69) is 11.9 Å². The predicted molar refractivity (Wildman–Crippen MR) is 136 cm³/mol. The third-order valence-electron chi connectivity index (χ3n) is 5.25. The first-order valence-corrected chi connectivity index (χ1v) is 13.0. The van der Waals surface area contributed by atoms with Gasteiger partial charge in [-0.25, -0.2) is 9.79 Å². The van der Waals surface area contributed by atoms with E-state index < -0.39 is 12.0 Å². The molecule has 6 nitrogen and oxygen atoms in total. The van der Waals surface area contributed by atoms with Crippen LogP contribution in [0.4, 0.5) is 0 Å². The van der Waals surface area contributed by atoms with Crippen LogP contribution in [-0.4, -0.2) is 23.8 Å². The molecule has 1 atom stereocenters. The summed E-state index contributed by atoms with van der Waals surface area (Å²) in [7, 11) is 0. The SMILES string of the molecule is CCCOc1ccc(/C=c2/sc3n(c2=O)C(c2cccs2)C(C(=O)OCC(C)C)=C(C)N=3)cc1. The first-order chi connectivity index (χ1) is 16.4. The molecule has 0 aliphatic carbocycles. The van der Waals surface area contributed by atoms with E-state index in [1.165, 1.54) is 22.7 Å². The molecule has 0 saturated carbocycles. The van der Waals surface area contributed by atoms with Crippen LogP contribution in [0.5, 0.6) is 5.75 Å². The van der Waals surface area contributed by atoms with Crippen LogP contribution in [0, 0.1) is 5.92 Å². The smallest absolute Gasteiger partial charge is 0.338 e. The van der Waals surface area contributed by atoms with Gasteiger partial charge in [0.2, 0.25) is 0 Å². The molecule has 0 radical (unpaired) electrons. The lowest BCUT2D eigenvalue weighted by Crippen LogP contribution is -2.39. The van der Waals surface area contributed by atoms with Crippen molar-refractivity contribution in [3.63, 3.8) is 0 Å². The standard InChI is InChI=1S/C26H28N2O4S2/c1-5-12-31-19-10-8-18(9-11-19)14-21-24(29)28-23(20-7-6-13-33-20)22(17(4)27-26(28)34-21)25(30)32-15-16(2)3/h6-11,13-14,16,23H,5,12,15H2,1-4H3/b21-14+. The Hall–Kier alpha value is -2.97. The largest absolute Gasteiger partial charge is 0.494 e. The molecule has 1 unspecified atom stereocenters. The minimum atomic E-state index is -0.553. The molecule has 3 aromatic rings. The van der Waals surface area contributed by atoms with Gasteiger partial charge in [-0.2, -0.15) is 0 Å². The molecule has 0 saturated heterocycles. The van der Waals surface area contributed by atoms with E-state index in [1.54, 1.807) is 11.5 Å². The maximum atomic E-state index is 13.6. The fraction of sp³-hybridized carbons (Fsp3) is 0.346. The number of hydrogen-bond acceptors (Lipinski definition) is 7. The van der Waals surface area contributed by atoms with Gasteiger partial charge in [0.05, 0.1) is 29.0 Å². The van der Waals surface area contributed by atoms with Crippen molar-refractivity contribution in [2.24, 2.45) is 10.9 Å². The van der Waals surface area contributed by atoms with Crippen LogP contribution >= 0.6 is 22.7 Å². The highest BCUT2D eigenvalue weighted by Gasteiger charge is 2.34. The number of thiazole rings is 1. The number of carbonyl (C=O) groups is 1. The number of carbonyl (C=O) groups excluding carboxylic acids is 1. The predicted octanol–water partition coefficient (Wildman–Crippen LogP) is 4.28. The van der Waals surface area contributed by atoms with Gasteiger partial charge in [0.1, 0.15) is 11.8 Å². The summed E-state index contributed by atoms with van der Waals surface area (Å²) < 4.78 is 13.4. The number of ether oxygens (including phenoxy) is 2. The lowest BCUT2D eigenvalue weighted by molar-refractivity contribution is -0.140. The van der Waals surface area contributed by atoms with E-state index in [0.717, 1.165) is 22.6 Å². The normalized spacial score (nSPS) is 15.9. The number of esters is 1. The molecule has 3 heterocycles. The highest BCUT2D eigenvalue weighted by atomic mass is 32.1. The second kappa shape index (κ2) is 10.5. The Kier molecular flexibility index (Phi) is 7.48. The third kappa shape index (κ3) is 5.08. The Balaban J connectivity index is 1.77. The van der Waals surface area contributed by atoms with Crippen molar-refractivity contribution in [1.29, 1.82) is 0 Å². The van der Waals surface area contributed by atoms with E-state index in [0.29, 0.717) is 33.8 Å². The van der Waals surface area contributed by atoms with Crippen molar-refractivity contribution < 1.29 is 14.3 Å². The minimum absolute atomic E-state index is 0.171. The Morgan fingerprint density at radius 2 is 2.00 bits per heavy atom. The van der Waals surface area contributed by atoms with Gasteiger partial charge in [-0.3, -0.25) is 9.36 Å². The summed E-state index contributed by atoms with van der Waals surface area (Å²) in [6, 6.07) is 11.0. The van der Waals surface area contributed by atoms with Gasteiger partial charge in [-0.15, -0.1) is 11.3 Å². The number of aromatic nitrogens is 1. The third-order valence-corrected chi connectivity index (χ3v) is 7.16. The van der Waals surface area contributed by atoms with Crippen molar-refractivity contribution in [3.05, 3.63) is 83.2 Å². The number of thiophene rings is 1. The second-order valence-corrected chi connectivity index (χ2v) is 10.5.